The van der Waals surface area contributed by atoms with Crippen molar-refractivity contribution in [2.24, 2.45) is 0 Å². The highest BCUT2D eigenvalue weighted by molar-refractivity contribution is 5.74. The molecule has 0 amide bonds. The Balaban J connectivity index is 2.19. The van der Waals surface area contributed by atoms with E-state index in [2.05, 4.69) is 10.1 Å². The number of methoxy groups -OCH3 is 1. The zero-order valence-corrected chi connectivity index (χ0v) is 9.37. The van der Waals surface area contributed by atoms with Gasteiger partial charge in [-0.3, -0.25) is 0 Å². The molecular weight excluding hydrogens is 194 g/mol. The largest absolute Gasteiger partial charge is 0.467 e. The number of hydrogen-bond acceptors (Lipinski definition) is 4. The van der Waals surface area contributed by atoms with Gasteiger partial charge in [0.15, 0.2) is 6.10 Å². The van der Waals surface area contributed by atoms with Crippen LogP contribution in [0.2, 0.25) is 0 Å². The van der Waals surface area contributed by atoms with Crippen molar-refractivity contribution >= 4 is 5.97 Å². The lowest BCUT2D eigenvalue weighted by atomic mass is 10.1. The van der Waals surface area contributed by atoms with Gasteiger partial charge in [-0.15, -0.1) is 0 Å². The van der Waals surface area contributed by atoms with Crippen LogP contribution in [0.4, 0.5) is 0 Å². The van der Waals surface area contributed by atoms with E-state index < -0.39 is 12.1 Å². The molecule has 0 bridgehead atoms. The van der Waals surface area contributed by atoms with Crippen LogP contribution in [0.25, 0.3) is 0 Å². The molecule has 0 aromatic heterocycles. The number of carbonyl (C=O) groups is 1. The van der Waals surface area contributed by atoms with Crippen LogP contribution < -0.4 is 5.32 Å². The zero-order valence-electron chi connectivity index (χ0n) is 9.37. The van der Waals surface area contributed by atoms with E-state index in [0.717, 1.165) is 12.8 Å². The number of esters is 1. The van der Waals surface area contributed by atoms with E-state index in [1.807, 2.05) is 0 Å². The van der Waals surface area contributed by atoms with Crippen LogP contribution in [0, 0.1) is 0 Å². The number of aliphatic hydroxyl groups is 1. The molecule has 0 aromatic carbocycles. The van der Waals surface area contributed by atoms with Crippen LogP contribution in [-0.2, 0) is 9.53 Å². The molecule has 1 aliphatic rings. The van der Waals surface area contributed by atoms with Gasteiger partial charge in [-0.25, -0.2) is 4.79 Å². The van der Waals surface area contributed by atoms with Crippen LogP contribution >= 0.6 is 0 Å². The number of hydrogen-bond donors (Lipinski definition) is 2. The van der Waals surface area contributed by atoms with Crippen molar-refractivity contribution in [3.8, 4) is 0 Å². The summed E-state index contributed by atoms with van der Waals surface area (Å²) in [6.45, 7) is 0.303. The van der Waals surface area contributed by atoms with E-state index in [-0.39, 0.29) is 0 Å². The Kier molecular flexibility index (Phi) is 5.65. The number of rotatable bonds is 4. The predicted octanol–water partition coefficient (Wildman–Crippen LogP) is 0.833. The Morgan fingerprint density at radius 2 is 2.00 bits per heavy atom. The summed E-state index contributed by atoms with van der Waals surface area (Å²) in [6, 6.07) is 0.451. The highest BCUT2D eigenvalue weighted by atomic mass is 16.5. The van der Waals surface area contributed by atoms with Gasteiger partial charge in [-0.2, -0.15) is 0 Å². The van der Waals surface area contributed by atoms with Gasteiger partial charge in [0, 0.05) is 12.6 Å². The molecule has 1 aliphatic carbocycles. The van der Waals surface area contributed by atoms with Crippen LogP contribution in [-0.4, -0.2) is 36.9 Å². The molecule has 88 valence electrons. The summed E-state index contributed by atoms with van der Waals surface area (Å²) in [5.41, 5.74) is 0. The van der Waals surface area contributed by atoms with Gasteiger partial charge in [0.05, 0.1) is 7.11 Å². The SMILES string of the molecule is COC(=O)C(O)CNC1CCCCCC1. The molecule has 1 fully saturated rings. The van der Waals surface area contributed by atoms with E-state index >= 15 is 0 Å². The first-order valence-corrected chi connectivity index (χ1v) is 5.73. The lowest BCUT2D eigenvalue weighted by Crippen LogP contribution is -2.39. The third-order valence-electron chi connectivity index (χ3n) is 2.93. The van der Waals surface area contributed by atoms with Gasteiger partial charge in [0.2, 0.25) is 0 Å². The molecule has 15 heavy (non-hydrogen) atoms. The van der Waals surface area contributed by atoms with Gasteiger partial charge < -0.3 is 15.2 Å². The van der Waals surface area contributed by atoms with Crippen LogP contribution in [0.15, 0.2) is 0 Å². The lowest BCUT2D eigenvalue weighted by molar-refractivity contribution is -0.150. The predicted molar refractivity (Wildman–Crippen MR) is 57.5 cm³/mol. The molecule has 0 aromatic rings. The van der Waals surface area contributed by atoms with Crippen molar-refractivity contribution < 1.29 is 14.6 Å². The van der Waals surface area contributed by atoms with E-state index in [9.17, 15) is 9.90 Å². The first-order valence-electron chi connectivity index (χ1n) is 5.73. The maximum absolute atomic E-state index is 10.9. The molecule has 0 heterocycles. The number of ether oxygens (including phenoxy) is 1. The van der Waals surface area contributed by atoms with Crippen molar-refractivity contribution in [2.45, 2.75) is 50.7 Å². The minimum absolute atomic E-state index is 0.303. The summed E-state index contributed by atoms with van der Waals surface area (Å²) in [7, 11) is 1.29. The van der Waals surface area contributed by atoms with Crippen molar-refractivity contribution in [3.05, 3.63) is 0 Å². The van der Waals surface area contributed by atoms with Gasteiger partial charge in [-0.05, 0) is 12.8 Å². The average Bonchev–Trinajstić information content (AvgIpc) is 2.53. The van der Waals surface area contributed by atoms with Crippen molar-refractivity contribution in [3.63, 3.8) is 0 Å². The summed E-state index contributed by atoms with van der Waals surface area (Å²) in [5.74, 6) is -0.559. The molecule has 0 saturated heterocycles. The second kappa shape index (κ2) is 6.80. The maximum atomic E-state index is 10.9. The first-order chi connectivity index (χ1) is 7.24. The summed E-state index contributed by atoms with van der Waals surface area (Å²) in [4.78, 5) is 10.9. The highest BCUT2D eigenvalue weighted by Gasteiger charge is 2.18. The van der Waals surface area contributed by atoms with Crippen molar-refractivity contribution in [2.75, 3.05) is 13.7 Å². The number of nitrogens with one attached hydrogen (secondary N) is 1. The Morgan fingerprint density at radius 1 is 1.40 bits per heavy atom. The van der Waals surface area contributed by atoms with E-state index in [1.54, 1.807) is 0 Å². The fraction of sp³-hybridized carbons (Fsp3) is 0.909. The monoisotopic (exact) mass is 215 g/mol. The zero-order chi connectivity index (χ0) is 11.1. The summed E-state index contributed by atoms with van der Waals surface area (Å²) in [6.07, 6.45) is 6.35. The molecular formula is C11H21NO3. The Hall–Kier alpha value is -0.610. The normalized spacial score (nSPS) is 20.7. The van der Waals surface area contributed by atoms with E-state index in [4.69, 9.17) is 0 Å². The van der Waals surface area contributed by atoms with E-state index in [1.165, 1.54) is 32.8 Å². The topological polar surface area (TPSA) is 58.6 Å². The minimum Gasteiger partial charge on any atom is -0.467 e. The summed E-state index contributed by atoms with van der Waals surface area (Å²) < 4.78 is 4.45. The molecule has 0 spiro atoms. The minimum atomic E-state index is -1.03. The lowest BCUT2D eigenvalue weighted by Gasteiger charge is -2.17. The fourth-order valence-electron chi connectivity index (χ4n) is 1.98. The second-order valence-electron chi connectivity index (χ2n) is 4.14. The second-order valence-corrected chi connectivity index (χ2v) is 4.14. The van der Waals surface area contributed by atoms with Gasteiger partial charge in [0.25, 0.3) is 0 Å². The van der Waals surface area contributed by atoms with Crippen molar-refractivity contribution in [1.82, 2.24) is 5.32 Å². The molecule has 0 aliphatic heterocycles. The Labute approximate surface area is 91.0 Å². The molecule has 1 unspecified atom stereocenters. The number of carbonyl (C=O) groups excluding carboxylic acids is 1. The molecule has 1 rings (SSSR count). The standard InChI is InChI=1S/C11H21NO3/c1-15-11(14)10(13)8-12-9-6-4-2-3-5-7-9/h9-10,12-13H,2-8H2,1H3. The quantitative estimate of drug-likeness (QED) is 0.539. The van der Waals surface area contributed by atoms with Gasteiger partial charge in [-0.1, -0.05) is 25.7 Å². The van der Waals surface area contributed by atoms with Crippen LogP contribution in [0.3, 0.4) is 0 Å². The Morgan fingerprint density at radius 3 is 2.53 bits per heavy atom. The van der Waals surface area contributed by atoms with Gasteiger partial charge >= 0.3 is 5.97 Å². The molecule has 1 saturated carbocycles. The third-order valence-corrected chi connectivity index (χ3v) is 2.93. The molecule has 4 nitrogen and oxygen atoms in total. The smallest absolute Gasteiger partial charge is 0.336 e. The fourth-order valence-corrected chi connectivity index (χ4v) is 1.98. The molecule has 1 atom stereocenters. The molecule has 0 radical (unpaired) electrons. The molecule has 4 heteroatoms. The highest BCUT2D eigenvalue weighted by Crippen LogP contribution is 2.16. The third kappa shape index (κ3) is 4.62. The maximum Gasteiger partial charge on any atom is 0.336 e. The number of aliphatic hydroxyl groups excluding tert-OH is 1. The molecule has 2 N–H and O–H groups in total. The van der Waals surface area contributed by atoms with E-state index in [0.29, 0.717) is 12.6 Å². The summed E-state index contributed by atoms with van der Waals surface area (Å²) in [5, 5.41) is 12.6. The van der Waals surface area contributed by atoms with Crippen molar-refractivity contribution in [1.29, 1.82) is 0 Å². The Bertz CT molecular complexity index is 188. The first kappa shape index (κ1) is 12.5. The van der Waals surface area contributed by atoms with Crippen LogP contribution in [0.1, 0.15) is 38.5 Å². The van der Waals surface area contributed by atoms with Crippen LogP contribution in [0.5, 0.6) is 0 Å². The average molecular weight is 215 g/mol. The van der Waals surface area contributed by atoms with Gasteiger partial charge in [0.1, 0.15) is 0 Å². The summed E-state index contributed by atoms with van der Waals surface area (Å²) >= 11 is 0.